The van der Waals surface area contributed by atoms with Gasteiger partial charge in [-0.05, 0) is 24.6 Å². The van der Waals surface area contributed by atoms with Crippen molar-refractivity contribution < 1.29 is 14.7 Å². The first-order valence-electron chi connectivity index (χ1n) is 6.01. The fourth-order valence-electron chi connectivity index (χ4n) is 1.88. The van der Waals surface area contributed by atoms with Crippen molar-refractivity contribution >= 4 is 22.8 Å². The second-order valence-corrected chi connectivity index (χ2v) is 4.15. The molecule has 0 saturated carbocycles. The third-order valence-electron chi connectivity index (χ3n) is 2.90. The summed E-state index contributed by atoms with van der Waals surface area (Å²) in [5.41, 5.74) is 1.14. The van der Waals surface area contributed by atoms with Crippen LogP contribution in [0.2, 0.25) is 0 Å². The number of fused-ring (bicyclic) bond motifs is 1. The molecule has 2 rings (SSSR count). The van der Waals surface area contributed by atoms with Crippen LogP contribution in [0.3, 0.4) is 0 Å². The molecular weight excluding hydrogens is 244 g/mol. The number of carboxylic acid groups (broad SMARTS) is 1. The largest absolute Gasteiger partial charge is 0.480 e. The topological polar surface area (TPSA) is 79.3 Å². The summed E-state index contributed by atoms with van der Waals surface area (Å²) in [4.78, 5) is 27.2. The van der Waals surface area contributed by atoms with E-state index in [2.05, 4.69) is 10.3 Å². The molecule has 5 nitrogen and oxygen atoms in total. The summed E-state index contributed by atoms with van der Waals surface area (Å²) in [6.45, 7) is 1.71. The van der Waals surface area contributed by atoms with E-state index in [1.165, 1.54) is 0 Å². The minimum atomic E-state index is -1.03. The maximum absolute atomic E-state index is 12.1. The van der Waals surface area contributed by atoms with Gasteiger partial charge in [0.2, 0.25) is 0 Å². The van der Waals surface area contributed by atoms with Crippen LogP contribution in [0.15, 0.2) is 36.5 Å². The fourth-order valence-corrected chi connectivity index (χ4v) is 1.88. The minimum Gasteiger partial charge on any atom is -0.480 e. The number of nitrogens with one attached hydrogen (secondary N) is 1. The van der Waals surface area contributed by atoms with Crippen LogP contribution < -0.4 is 5.32 Å². The van der Waals surface area contributed by atoms with Crippen molar-refractivity contribution in [3.05, 3.63) is 42.1 Å². The summed E-state index contributed by atoms with van der Waals surface area (Å²) < 4.78 is 0. The molecule has 0 aliphatic heterocycles. The van der Waals surface area contributed by atoms with Gasteiger partial charge in [-0.15, -0.1) is 0 Å². The summed E-state index contributed by atoms with van der Waals surface area (Å²) >= 11 is 0. The van der Waals surface area contributed by atoms with E-state index in [0.29, 0.717) is 22.9 Å². The SMILES string of the molecule is CC[C@@H](NC(=O)c1cccc2ncccc12)C(=O)O. The Labute approximate surface area is 110 Å². The molecule has 1 amide bonds. The molecule has 2 aromatic rings. The van der Waals surface area contributed by atoms with Crippen LogP contribution in [0.5, 0.6) is 0 Å². The van der Waals surface area contributed by atoms with E-state index in [9.17, 15) is 9.59 Å². The molecule has 1 atom stereocenters. The number of rotatable bonds is 4. The zero-order valence-corrected chi connectivity index (χ0v) is 10.5. The van der Waals surface area contributed by atoms with Gasteiger partial charge >= 0.3 is 5.97 Å². The molecular formula is C14H14N2O3. The molecule has 0 radical (unpaired) electrons. The van der Waals surface area contributed by atoms with Gasteiger partial charge in [0.25, 0.3) is 5.91 Å². The number of pyridine rings is 1. The average molecular weight is 258 g/mol. The van der Waals surface area contributed by atoms with E-state index in [4.69, 9.17) is 5.11 Å². The van der Waals surface area contributed by atoms with Crippen LogP contribution in [0, 0.1) is 0 Å². The highest BCUT2D eigenvalue weighted by Crippen LogP contribution is 2.16. The number of aromatic nitrogens is 1. The van der Waals surface area contributed by atoms with E-state index in [1.54, 1.807) is 43.5 Å². The van der Waals surface area contributed by atoms with Crippen molar-refractivity contribution in [3.63, 3.8) is 0 Å². The average Bonchev–Trinajstić information content (AvgIpc) is 2.43. The monoisotopic (exact) mass is 258 g/mol. The molecule has 0 aliphatic carbocycles. The third kappa shape index (κ3) is 2.70. The van der Waals surface area contributed by atoms with Crippen LogP contribution in [0.1, 0.15) is 23.7 Å². The number of carbonyl (C=O) groups excluding carboxylic acids is 1. The molecule has 1 aromatic heterocycles. The van der Waals surface area contributed by atoms with E-state index in [0.717, 1.165) is 0 Å². The van der Waals surface area contributed by atoms with Crippen LogP contribution in [0.4, 0.5) is 0 Å². The minimum absolute atomic E-state index is 0.337. The van der Waals surface area contributed by atoms with E-state index < -0.39 is 17.9 Å². The van der Waals surface area contributed by atoms with Gasteiger partial charge in [0.1, 0.15) is 6.04 Å². The molecule has 1 heterocycles. The van der Waals surface area contributed by atoms with Crippen LogP contribution in [-0.4, -0.2) is 28.0 Å². The van der Waals surface area contributed by atoms with Crippen LogP contribution in [0.25, 0.3) is 10.9 Å². The van der Waals surface area contributed by atoms with Gasteiger partial charge in [-0.2, -0.15) is 0 Å². The summed E-state index contributed by atoms with van der Waals surface area (Å²) in [7, 11) is 0. The second kappa shape index (κ2) is 5.48. The van der Waals surface area contributed by atoms with Gasteiger partial charge < -0.3 is 10.4 Å². The highest BCUT2D eigenvalue weighted by molar-refractivity contribution is 6.07. The van der Waals surface area contributed by atoms with Gasteiger partial charge in [-0.1, -0.05) is 19.1 Å². The standard InChI is InChI=1S/C14H14N2O3/c1-2-11(14(18)19)16-13(17)10-5-3-7-12-9(10)6-4-8-15-12/h3-8,11H,2H2,1H3,(H,16,17)(H,18,19)/t11-/m1/s1. The Hall–Kier alpha value is -2.43. The summed E-state index contributed by atoms with van der Waals surface area (Å²) in [6.07, 6.45) is 1.99. The number of hydrogen-bond acceptors (Lipinski definition) is 3. The first kappa shape index (κ1) is 13.0. The Bertz CT molecular complexity index is 620. The summed E-state index contributed by atoms with van der Waals surface area (Å²) in [6, 6.07) is 7.85. The molecule has 5 heteroatoms. The zero-order valence-electron chi connectivity index (χ0n) is 10.5. The second-order valence-electron chi connectivity index (χ2n) is 4.15. The maximum Gasteiger partial charge on any atom is 0.326 e. The lowest BCUT2D eigenvalue weighted by molar-refractivity contribution is -0.139. The Morgan fingerprint density at radius 3 is 2.79 bits per heavy atom. The lowest BCUT2D eigenvalue weighted by atomic mass is 10.1. The number of aliphatic carboxylic acids is 1. The lowest BCUT2D eigenvalue weighted by Gasteiger charge is -2.13. The Morgan fingerprint density at radius 2 is 2.11 bits per heavy atom. The fraction of sp³-hybridized carbons (Fsp3) is 0.214. The van der Waals surface area contributed by atoms with E-state index >= 15 is 0 Å². The van der Waals surface area contributed by atoms with Gasteiger partial charge in [0.05, 0.1) is 5.52 Å². The maximum atomic E-state index is 12.1. The van der Waals surface area contributed by atoms with Crippen molar-refractivity contribution in [3.8, 4) is 0 Å². The molecule has 98 valence electrons. The predicted octanol–water partition coefficient (Wildman–Crippen LogP) is 1.83. The normalized spacial score (nSPS) is 12.1. The van der Waals surface area contributed by atoms with Crippen molar-refractivity contribution in [2.24, 2.45) is 0 Å². The molecule has 0 spiro atoms. The van der Waals surface area contributed by atoms with E-state index in [1.807, 2.05) is 0 Å². The van der Waals surface area contributed by atoms with Gasteiger partial charge in [-0.3, -0.25) is 9.78 Å². The number of nitrogens with zero attached hydrogens (tertiary/aromatic N) is 1. The first-order valence-corrected chi connectivity index (χ1v) is 6.01. The molecule has 19 heavy (non-hydrogen) atoms. The van der Waals surface area contributed by atoms with Crippen molar-refractivity contribution in [2.45, 2.75) is 19.4 Å². The van der Waals surface area contributed by atoms with Crippen molar-refractivity contribution in [2.75, 3.05) is 0 Å². The number of carboxylic acids is 1. The number of benzene rings is 1. The summed E-state index contributed by atoms with van der Waals surface area (Å²) in [5.74, 6) is -1.43. The Morgan fingerprint density at radius 1 is 1.32 bits per heavy atom. The molecule has 0 bridgehead atoms. The molecule has 0 aliphatic rings. The van der Waals surface area contributed by atoms with Gasteiger partial charge in [-0.25, -0.2) is 4.79 Å². The van der Waals surface area contributed by atoms with Crippen LogP contribution in [-0.2, 0) is 4.79 Å². The predicted molar refractivity (Wildman–Crippen MR) is 70.9 cm³/mol. The number of hydrogen-bond donors (Lipinski definition) is 2. The van der Waals surface area contributed by atoms with Gasteiger partial charge in [0, 0.05) is 17.1 Å². The number of amides is 1. The van der Waals surface area contributed by atoms with Gasteiger partial charge in [0.15, 0.2) is 0 Å². The number of carbonyl (C=O) groups is 2. The summed E-state index contributed by atoms with van der Waals surface area (Å²) in [5, 5.41) is 12.2. The third-order valence-corrected chi connectivity index (χ3v) is 2.90. The molecule has 0 unspecified atom stereocenters. The van der Waals surface area contributed by atoms with Crippen molar-refractivity contribution in [1.29, 1.82) is 0 Å². The quantitative estimate of drug-likeness (QED) is 0.876. The highest BCUT2D eigenvalue weighted by Gasteiger charge is 2.19. The zero-order chi connectivity index (χ0) is 13.8. The Kier molecular flexibility index (Phi) is 3.75. The highest BCUT2D eigenvalue weighted by atomic mass is 16.4. The first-order chi connectivity index (χ1) is 9.13. The molecule has 0 fully saturated rings. The smallest absolute Gasteiger partial charge is 0.326 e. The van der Waals surface area contributed by atoms with Crippen molar-refractivity contribution in [1.82, 2.24) is 10.3 Å². The van der Waals surface area contributed by atoms with E-state index in [-0.39, 0.29) is 0 Å². The Balaban J connectivity index is 2.34. The molecule has 2 N–H and O–H groups in total. The molecule has 1 aromatic carbocycles. The lowest BCUT2D eigenvalue weighted by Crippen LogP contribution is -2.40. The molecule has 0 saturated heterocycles. The van der Waals surface area contributed by atoms with Crippen LogP contribution >= 0.6 is 0 Å².